The molecule has 0 N–H and O–H groups in total. The second-order valence-electron chi connectivity index (χ2n) is 11.7. The van der Waals surface area contributed by atoms with Gasteiger partial charge in [-0.15, -0.1) is 22.7 Å². The maximum atomic E-state index is 6.13. The number of fused-ring (bicyclic) bond motifs is 9. The van der Waals surface area contributed by atoms with Gasteiger partial charge in [0.2, 0.25) is 0 Å². The standard InChI is InChI=1S/C38H44O2S2/c1-3-5-7-9-11-13-23-39-29-17-21-31-27(25-29)15-19-33-35(31)41-38-34-20-16-28-26-30(40-24-14-12-10-8-6-4-2)18-22-32(28)36(34)42-37(33)38/h15-22,25-26H,3-14,23-24H2,1-2H3. The van der Waals surface area contributed by atoms with Crippen molar-refractivity contribution in [2.45, 2.75) is 90.9 Å². The number of unbranched alkanes of at least 4 members (excludes halogenated alkanes) is 10. The van der Waals surface area contributed by atoms with E-state index in [1.807, 2.05) is 22.7 Å². The molecule has 0 unspecified atom stereocenters. The van der Waals surface area contributed by atoms with E-state index in [1.165, 1.54) is 115 Å². The van der Waals surface area contributed by atoms with Gasteiger partial charge in [0, 0.05) is 20.2 Å². The molecule has 0 radical (unpaired) electrons. The van der Waals surface area contributed by atoms with Crippen LogP contribution >= 0.6 is 22.7 Å². The van der Waals surface area contributed by atoms with Crippen molar-refractivity contribution in [2.24, 2.45) is 0 Å². The molecule has 4 aromatic carbocycles. The molecule has 0 amide bonds. The molecule has 0 aliphatic heterocycles. The Morgan fingerprint density at radius 2 is 0.833 bits per heavy atom. The largest absolute Gasteiger partial charge is 0.494 e. The van der Waals surface area contributed by atoms with E-state index in [1.54, 1.807) is 0 Å². The topological polar surface area (TPSA) is 18.5 Å². The third-order valence-corrected chi connectivity index (χ3v) is 11.2. The molecule has 0 spiro atoms. The monoisotopic (exact) mass is 596 g/mol. The molecule has 0 fully saturated rings. The van der Waals surface area contributed by atoms with Crippen LogP contribution in [0.25, 0.3) is 51.1 Å². The summed E-state index contributed by atoms with van der Waals surface area (Å²) in [6.07, 6.45) is 15.4. The predicted octanol–water partition coefficient (Wildman–Crippen LogP) is 13.1. The highest BCUT2D eigenvalue weighted by molar-refractivity contribution is 7.37. The molecule has 42 heavy (non-hydrogen) atoms. The lowest BCUT2D eigenvalue weighted by Gasteiger charge is -2.08. The summed E-state index contributed by atoms with van der Waals surface area (Å²) in [4.78, 5) is 0. The van der Waals surface area contributed by atoms with Crippen LogP contribution < -0.4 is 9.47 Å². The highest BCUT2D eigenvalue weighted by atomic mass is 32.1. The van der Waals surface area contributed by atoms with Crippen molar-refractivity contribution in [3.8, 4) is 11.5 Å². The molecule has 0 bridgehead atoms. The Balaban J connectivity index is 1.18. The smallest absolute Gasteiger partial charge is 0.119 e. The van der Waals surface area contributed by atoms with E-state index in [-0.39, 0.29) is 0 Å². The Kier molecular flexibility index (Phi) is 9.82. The van der Waals surface area contributed by atoms with Crippen LogP contribution in [-0.4, -0.2) is 13.2 Å². The van der Waals surface area contributed by atoms with Crippen LogP contribution in [0.15, 0.2) is 60.7 Å². The van der Waals surface area contributed by atoms with Gasteiger partial charge in [0.25, 0.3) is 0 Å². The molecule has 4 heteroatoms. The average molecular weight is 597 g/mol. The van der Waals surface area contributed by atoms with Crippen LogP contribution in [0.2, 0.25) is 0 Å². The van der Waals surface area contributed by atoms with E-state index in [4.69, 9.17) is 9.47 Å². The fourth-order valence-corrected chi connectivity index (χ4v) is 9.02. The highest BCUT2D eigenvalue weighted by Crippen LogP contribution is 2.48. The first-order chi connectivity index (χ1) is 20.8. The van der Waals surface area contributed by atoms with E-state index in [0.29, 0.717) is 0 Å². The summed E-state index contributed by atoms with van der Waals surface area (Å²) >= 11 is 3.88. The lowest BCUT2D eigenvalue weighted by Crippen LogP contribution is -1.97. The molecule has 0 aliphatic rings. The first-order valence-electron chi connectivity index (χ1n) is 16.3. The molecular formula is C38H44O2S2. The zero-order chi connectivity index (χ0) is 28.7. The lowest BCUT2D eigenvalue weighted by molar-refractivity contribution is 0.304. The van der Waals surface area contributed by atoms with E-state index in [9.17, 15) is 0 Å². The van der Waals surface area contributed by atoms with E-state index in [2.05, 4.69) is 74.5 Å². The Labute approximate surface area is 258 Å². The number of hydrogen-bond acceptors (Lipinski definition) is 4. The van der Waals surface area contributed by atoms with Crippen LogP contribution in [0.4, 0.5) is 0 Å². The molecule has 2 aromatic heterocycles. The summed E-state index contributed by atoms with van der Waals surface area (Å²) in [7, 11) is 0. The van der Waals surface area contributed by atoms with Gasteiger partial charge in [0.05, 0.1) is 22.6 Å². The average Bonchev–Trinajstić information content (AvgIpc) is 3.56. The minimum absolute atomic E-state index is 0.807. The van der Waals surface area contributed by atoms with Crippen molar-refractivity contribution in [1.29, 1.82) is 0 Å². The fraction of sp³-hybridized carbons (Fsp3) is 0.421. The van der Waals surface area contributed by atoms with Crippen LogP contribution in [0, 0.1) is 0 Å². The van der Waals surface area contributed by atoms with Crippen molar-refractivity contribution in [1.82, 2.24) is 0 Å². The minimum atomic E-state index is 0.807. The third kappa shape index (κ3) is 6.40. The molecule has 0 atom stereocenters. The van der Waals surface area contributed by atoms with Crippen LogP contribution in [0.3, 0.4) is 0 Å². The van der Waals surface area contributed by atoms with Gasteiger partial charge in [-0.25, -0.2) is 0 Å². The SMILES string of the molecule is CCCCCCCCOc1ccc2c(ccc3c2sc2c4ccc5cc(OCCCCCCCC)ccc5c4sc32)c1. The third-order valence-electron chi connectivity index (χ3n) is 8.52. The highest BCUT2D eigenvalue weighted by Gasteiger charge is 2.16. The molecule has 0 saturated heterocycles. The first kappa shape index (κ1) is 29.3. The van der Waals surface area contributed by atoms with Gasteiger partial charge in [0.15, 0.2) is 0 Å². The van der Waals surface area contributed by atoms with Crippen molar-refractivity contribution in [2.75, 3.05) is 13.2 Å². The molecule has 0 saturated carbocycles. The molecule has 2 nitrogen and oxygen atoms in total. The van der Waals surface area contributed by atoms with Gasteiger partial charge in [0.1, 0.15) is 11.5 Å². The fourth-order valence-electron chi connectivity index (χ4n) is 6.11. The Morgan fingerprint density at radius 3 is 1.29 bits per heavy atom. The van der Waals surface area contributed by atoms with Crippen molar-refractivity contribution < 1.29 is 9.47 Å². The maximum Gasteiger partial charge on any atom is 0.119 e. The second kappa shape index (κ2) is 14.1. The van der Waals surface area contributed by atoms with Crippen molar-refractivity contribution in [3.05, 3.63) is 60.7 Å². The van der Waals surface area contributed by atoms with Gasteiger partial charge in [-0.3, -0.25) is 0 Å². The van der Waals surface area contributed by atoms with Crippen LogP contribution in [-0.2, 0) is 0 Å². The van der Waals surface area contributed by atoms with E-state index in [0.717, 1.165) is 37.6 Å². The Hall–Kier alpha value is -2.82. The molecule has 2 heterocycles. The quantitative estimate of drug-likeness (QED) is 0.103. The summed E-state index contributed by atoms with van der Waals surface area (Å²) in [6.45, 7) is 6.15. The van der Waals surface area contributed by atoms with Gasteiger partial charge in [-0.1, -0.05) is 102 Å². The van der Waals surface area contributed by atoms with E-state index >= 15 is 0 Å². The zero-order valence-corrected chi connectivity index (χ0v) is 26.9. The van der Waals surface area contributed by atoms with Gasteiger partial charge >= 0.3 is 0 Å². The number of benzene rings is 4. The van der Waals surface area contributed by atoms with Gasteiger partial charge in [-0.2, -0.15) is 0 Å². The lowest BCUT2D eigenvalue weighted by atomic mass is 10.1. The van der Waals surface area contributed by atoms with E-state index < -0.39 is 0 Å². The number of ether oxygens (including phenoxy) is 2. The number of thiophene rings is 2. The Bertz CT molecular complexity index is 1650. The summed E-state index contributed by atoms with van der Waals surface area (Å²) in [6, 6.07) is 22.5. The minimum Gasteiger partial charge on any atom is -0.494 e. The van der Waals surface area contributed by atoms with Gasteiger partial charge < -0.3 is 9.47 Å². The van der Waals surface area contributed by atoms with Crippen LogP contribution in [0.5, 0.6) is 11.5 Å². The summed E-state index contributed by atoms with van der Waals surface area (Å²) in [5.41, 5.74) is 0. The number of rotatable bonds is 16. The molecule has 6 rings (SSSR count). The second-order valence-corrected chi connectivity index (χ2v) is 13.8. The normalized spacial score (nSPS) is 12.0. The summed E-state index contributed by atoms with van der Waals surface area (Å²) < 4.78 is 17.8. The van der Waals surface area contributed by atoms with Crippen molar-refractivity contribution in [3.63, 3.8) is 0 Å². The predicted molar refractivity (Wildman–Crippen MR) is 187 cm³/mol. The Morgan fingerprint density at radius 1 is 0.429 bits per heavy atom. The van der Waals surface area contributed by atoms with Gasteiger partial charge in [-0.05, 0) is 70.8 Å². The van der Waals surface area contributed by atoms with Crippen LogP contribution in [0.1, 0.15) is 90.9 Å². The number of hydrogen-bond donors (Lipinski definition) is 0. The molecule has 220 valence electrons. The summed E-state index contributed by atoms with van der Waals surface area (Å²) in [5, 5.41) is 7.93. The maximum absolute atomic E-state index is 6.13. The first-order valence-corrected chi connectivity index (χ1v) is 17.9. The summed E-state index contributed by atoms with van der Waals surface area (Å²) in [5.74, 6) is 1.97. The zero-order valence-electron chi connectivity index (χ0n) is 25.3. The molecular weight excluding hydrogens is 553 g/mol. The molecule has 6 aromatic rings. The van der Waals surface area contributed by atoms with Crippen molar-refractivity contribution >= 4 is 73.8 Å². The molecule has 0 aliphatic carbocycles.